The lowest BCUT2D eigenvalue weighted by Crippen LogP contribution is -2.27. The van der Waals surface area contributed by atoms with Crippen molar-refractivity contribution >= 4 is 0 Å². The third-order valence-electron chi connectivity index (χ3n) is 2.94. The zero-order chi connectivity index (χ0) is 14.0. The van der Waals surface area contributed by atoms with Crippen molar-refractivity contribution in [1.29, 1.82) is 0 Å². The van der Waals surface area contributed by atoms with Gasteiger partial charge in [0.1, 0.15) is 5.75 Å². The number of hydrogen-bond acceptors (Lipinski definition) is 3. The molecular formula is C16H20N2O2. The summed E-state index contributed by atoms with van der Waals surface area (Å²) in [4.78, 5) is 11.5. The van der Waals surface area contributed by atoms with E-state index in [4.69, 9.17) is 4.74 Å². The first kappa shape index (κ1) is 14.3. The Bertz CT molecular complexity index is 552. The molecule has 0 amide bonds. The Kier molecular flexibility index (Phi) is 5.86. The van der Waals surface area contributed by atoms with Gasteiger partial charge in [-0.1, -0.05) is 24.3 Å². The Morgan fingerprint density at radius 1 is 1.00 bits per heavy atom. The number of hydrogen-bond donors (Lipinski definition) is 1. The molecule has 0 saturated carbocycles. The zero-order valence-electron chi connectivity index (χ0n) is 11.5. The number of benzene rings is 1. The van der Waals surface area contributed by atoms with Gasteiger partial charge in [-0.2, -0.15) is 0 Å². The maximum absolute atomic E-state index is 11.5. The fraction of sp³-hybridized carbons (Fsp3) is 0.312. The number of para-hydroxylation sites is 1. The second kappa shape index (κ2) is 8.17. The van der Waals surface area contributed by atoms with Crippen LogP contribution in [-0.2, 0) is 6.54 Å². The van der Waals surface area contributed by atoms with Crippen molar-refractivity contribution in [3.8, 4) is 5.75 Å². The largest absolute Gasteiger partial charge is 0.494 e. The quantitative estimate of drug-likeness (QED) is 0.746. The Morgan fingerprint density at radius 2 is 1.80 bits per heavy atom. The monoisotopic (exact) mass is 272 g/mol. The molecule has 0 aliphatic heterocycles. The van der Waals surface area contributed by atoms with Crippen LogP contribution in [0.4, 0.5) is 0 Å². The minimum atomic E-state index is 0.0433. The van der Waals surface area contributed by atoms with Crippen LogP contribution in [0.25, 0.3) is 0 Å². The number of rotatable bonds is 8. The standard InChI is InChI=1S/C16H20N2O2/c19-16-9-4-5-12-18(16)13-11-17-10-6-14-20-15-7-2-1-3-8-15/h1-5,7-9,12,17H,6,10-11,13-14H2. The summed E-state index contributed by atoms with van der Waals surface area (Å²) in [7, 11) is 0. The van der Waals surface area contributed by atoms with Gasteiger partial charge in [0.2, 0.25) is 0 Å². The fourth-order valence-electron chi connectivity index (χ4n) is 1.87. The number of ether oxygens (including phenoxy) is 1. The average Bonchev–Trinajstić information content (AvgIpc) is 2.49. The van der Waals surface area contributed by atoms with Gasteiger partial charge in [0.25, 0.3) is 5.56 Å². The van der Waals surface area contributed by atoms with Gasteiger partial charge < -0.3 is 14.6 Å². The molecular weight excluding hydrogens is 252 g/mol. The van der Waals surface area contributed by atoms with Crippen molar-refractivity contribution < 1.29 is 4.74 Å². The molecule has 4 heteroatoms. The minimum Gasteiger partial charge on any atom is -0.494 e. The first-order valence-electron chi connectivity index (χ1n) is 6.90. The second-order valence-corrected chi connectivity index (χ2v) is 4.50. The van der Waals surface area contributed by atoms with Gasteiger partial charge in [-0.05, 0) is 31.2 Å². The van der Waals surface area contributed by atoms with Crippen molar-refractivity contribution in [1.82, 2.24) is 9.88 Å². The van der Waals surface area contributed by atoms with Crippen LogP contribution in [0.5, 0.6) is 5.75 Å². The zero-order valence-corrected chi connectivity index (χ0v) is 11.5. The lowest BCUT2D eigenvalue weighted by molar-refractivity contribution is 0.308. The van der Waals surface area contributed by atoms with Crippen LogP contribution in [0.2, 0.25) is 0 Å². The third-order valence-corrected chi connectivity index (χ3v) is 2.94. The second-order valence-electron chi connectivity index (χ2n) is 4.50. The van der Waals surface area contributed by atoms with Crippen molar-refractivity contribution in [2.45, 2.75) is 13.0 Å². The Morgan fingerprint density at radius 3 is 2.60 bits per heavy atom. The molecule has 0 aliphatic rings. The summed E-state index contributed by atoms with van der Waals surface area (Å²) in [5, 5.41) is 3.31. The molecule has 1 heterocycles. The smallest absolute Gasteiger partial charge is 0.250 e. The normalized spacial score (nSPS) is 10.4. The number of pyridine rings is 1. The van der Waals surface area contributed by atoms with Crippen LogP contribution in [0.15, 0.2) is 59.5 Å². The predicted octanol–water partition coefficient (Wildman–Crippen LogP) is 1.91. The first-order chi connectivity index (χ1) is 9.86. The number of nitrogens with one attached hydrogen (secondary N) is 1. The summed E-state index contributed by atoms with van der Waals surface area (Å²) in [5.41, 5.74) is 0.0433. The van der Waals surface area contributed by atoms with E-state index in [0.717, 1.165) is 25.3 Å². The summed E-state index contributed by atoms with van der Waals surface area (Å²) in [6, 6.07) is 15.0. The van der Waals surface area contributed by atoms with E-state index in [1.54, 1.807) is 16.7 Å². The van der Waals surface area contributed by atoms with Crippen molar-refractivity contribution in [3.05, 3.63) is 65.1 Å². The number of aromatic nitrogens is 1. The van der Waals surface area contributed by atoms with Crippen LogP contribution in [-0.4, -0.2) is 24.3 Å². The van der Waals surface area contributed by atoms with Gasteiger partial charge in [0.05, 0.1) is 6.61 Å². The van der Waals surface area contributed by atoms with Crippen LogP contribution in [0, 0.1) is 0 Å². The summed E-state index contributed by atoms with van der Waals surface area (Å²) in [6.45, 7) is 3.06. The summed E-state index contributed by atoms with van der Waals surface area (Å²) in [5.74, 6) is 0.906. The average molecular weight is 272 g/mol. The highest BCUT2D eigenvalue weighted by molar-refractivity contribution is 5.20. The lowest BCUT2D eigenvalue weighted by atomic mass is 10.3. The maximum Gasteiger partial charge on any atom is 0.250 e. The molecule has 20 heavy (non-hydrogen) atoms. The molecule has 0 bridgehead atoms. The molecule has 2 aromatic rings. The molecule has 0 atom stereocenters. The summed E-state index contributed by atoms with van der Waals surface area (Å²) < 4.78 is 7.30. The molecule has 1 aromatic carbocycles. The molecule has 0 aliphatic carbocycles. The molecule has 106 valence electrons. The highest BCUT2D eigenvalue weighted by atomic mass is 16.5. The Labute approximate surface area is 119 Å². The van der Waals surface area contributed by atoms with E-state index >= 15 is 0 Å². The Hall–Kier alpha value is -2.07. The molecule has 0 spiro atoms. The Balaban J connectivity index is 1.54. The van der Waals surface area contributed by atoms with Gasteiger partial charge in [-0.3, -0.25) is 4.79 Å². The SMILES string of the molecule is O=c1ccccn1CCNCCCOc1ccccc1. The molecule has 0 radical (unpaired) electrons. The molecule has 0 fully saturated rings. The van der Waals surface area contributed by atoms with Gasteiger partial charge in [-0.25, -0.2) is 0 Å². The third kappa shape index (κ3) is 4.90. The van der Waals surface area contributed by atoms with E-state index < -0.39 is 0 Å². The van der Waals surface area contributed by atoms with E-state index in [-0.39, 0.29) is 5.56 Å². The molecule has 2 rings (SSSR count). The van der Waals surface area contributed by atoms with Gasteiger partial charge >= 0.3 is 0 Å². The van der Waals surface area contributed by atoms with Crippen LogP contribution >= 0.6 is 0 Å². The van der Waals surface area contributed by atoms with Crippen molar-refractivity contribution in [3.63, 3.8) is 0 Å². The summed E-state index contributed by atoms with van der Waals surface area (Å²) in [6.07, 6.45) is 2.75. The predicted molar refractivity (Wildman–Crippen MR) is 80.1 cm³/mol. The highest BCUT2D eigenvalue weighted by Gasteiger charge is 1.94. The number of nitrogens with zero attached hydrogens (tertiary/aromatic N) is 1. The van der Waals surface area contributed by atoms with Gasteiger partial charge in [0, 0.05) is 25.4 Å². The first-order valence-corrected chi connectivity index (χ1v) is 6.90. The van der Waals surface area contributed by atoms with Crippen LogP contribution < -0.4 is 15.6 Å². The van der Waals surface area contributed by atoms with E-state index in [9.17, 15) is 4.79 Å². The van der Waals surface area contributed by atoms with Gasteiger partial charge in [0.15, 0.2) is 0 Å². The minimum absolute atomic E-state index is 0.0433. The summed E-state index contributed by atoms with van der Waals surface area (Å²) >= 11 is 0. The van der Waals surface area contributed by atoms with E-state index in [0.29, 0.717) is 13.2 Å². The lowest BCUT2D eigenvalue weighted by Gasteiger charge is -2.08. The van der Waals surface area contributed by atoms with Crippen LogP contribution in [0.1, 0.15) is 6.42 Å². The van der Waals surface area contributed by atoms with Crippen LogP contribution in [0.3, 0.4) is 0 Å². The topological polar surface area (TPSA) is 43.3 Å². The fourth-order valence-corrected chi connectivity index (χ4v) is 1.87. The van der Waals surface area contributed by atoms with E-state index in [1.807, 2.05) is 42.6 Å². The maximum atomic E-state index is 11.5. The molecule has 0 saturated heterocycles. The van der Waals surface area contributed by atoms with Gasteiger partial charge in [-0.15, -0.1) is 0 Å². The van der Waals surface area contributed by atoms with Crippen molar-refractivity contribution in [2.24, 2.45) is 0 Å². The molecule has 1 aromatic heterocycles. The molecule has 1 N–H and O–H groups in total. The molecule has 0 unspecified atom stereocenters. The molecule has 4 nitrogen and oxygen atoms in total. The highest BCUT2D eigenvalue weighted by Crippen LogP contribution is 2.07. The van der Waals surface area contributed by atoms with E-state index in [1.165, 1.54) is 0 Å². The van der Waals surface area contributed by atoms with Crippen molar-refractivity contribution in [2.75, 3.05) is 19.7 Å². The van der Waals surface area contributed by atoms with E-state index in [2.05, 4.69) is 5.32 Å².